The predicted octanol–water partition coefficient (Wildman–Crippen LogP) is 0.589. The molecule has 0 fully saturated rings. The van der Waals surface area contributed by atoms with E-state index in [4.69, 9.17) is 5.73 Å². The molecule has 0 spiro atoms. The first kappa shape index (κ1) is 11.4. The van der Waals surface area contributed by atoms with Gasteiger partial charge in [-0.05, 0) is 13.3 Å². The Labute approximate surface area is 88.9 Å². The molecule has 0 saturated carbocycles. The van der Waals surface area contributed by atoms with Gasteiger partial charge in [-0.15, -0.1) is 11.8 Å². The number of likely N-dealkylation sites (N-methyl/N-ethyl adjacent to an activating group) is 1. The quantitative estimate of drug-likeness (QED) is 0.724. The Morgan fingerprint density at radius 1 is 1.43 bits per heavy atom. The van der Waals surface area contributed by atoms with Crippen molar-refractivity contribution in [2.75, 3.05) is 26.4 Å². The second-order valence-corrected chi connectivity index (χ2v) is 3.83. The zero-order valence-corrected chi connectivity index (χ0v) is 9.42. The highest BCUT2D eigenvalue weighted by Crippen LogP contribution is 2.15. The summed E-state index contributed by atoms with van der Waals surface area (Å²) in [5.74, 6) is 0. The van der Waals surface area contributed by atoms with Crippen LogP contribution in [0.2, 0.25) is 0 Å². The van der Waals surface area contributed by atoms with E-state index in [1.165, 1.54) is 0 Å². The van der Waals surface area contributed by atoms with Crippen LogP contribution in [0.3, 0.4) is 0 Å². The van der Waals surface area contributed by atoms with Crippen molar-refractivity contribution in [3.05, 3.63) is 18.1 Å². The fourth-order valence-corrected chi connectivity index (χ4v) is 1.71. The van der Waals surface area contributed by atoms with Crippen LogP contribution in [0.1, 0.15) is 5.69 Å². The summed E-state index contributed by atoms with van der Waals surface area (Å²) in [5.41, 5.74) is 6.49. The molecule has 0 bridgehead atoms. The van der Waals surface area contributed by atoms with Crippen LogP contribution >= 0.6 is 11.8 Å². The lowest BCUT2D eigenvalue weighted by molar-refractivity contribution is 0.328. The summed E-state index contributed by atoms with van der Waals surface area (Å²) in [4.78, 5) is 10.7. The summed E-state index contributed by atoms with van der Waals surface area (Å²) >= 11 is 1.62. The summed E-state index contributed by atoms with van der Waals surface area (Å²) in [7, 11) is 2.03. The number of aromatic nitrogens is 2. The third-order valence-corrected chi connectivity index (χ3v) is 2.59. The van der Waals surface area contributed by atoms with Crippen molar-refractivity contribution in [2.24, 2.45) is 5.73 Å². The van der Waals surface area contributed by atoms with Crippen LogP contribution in [-0.4, -0.2) is 41.3 Å². The van der Waals surface area contributed by atoms with Gasteiger partial charge in [0.05, 0.1) is 5.69 Å². The Balaban J connectivity index is 2.65. The maximum absolute atomic E-state index is 5.47. The number of thioether (sulfide) groups is 1. The molecule has 0 unspecified atom stereocenters. The number of hydrogen-bond donors (Lipinski definition) is 1. The van der Waals surface area contributed by atoms with Gasteiger partial charge >= 0.3 is 0 Å². The van der Waals surface area contributed by atoms with E-state index in [9.17, 15) is 0 Å². The molecule has 1 heterocycles. The zero-order chi connectivity index (χ0) is 10.4. The highest BCUT2D eigenvalue weighted by molar-refractivity contribution is 7.98. The SMILES string of the molecule is CSc1nccnc1CN(C)CCN. The van der Waals surface area contributed by atoms with Gasteiger partial charge in [-0.3, -0.25) is 9.88 Å². The summed E-state index contributed by atoms with van der Waals surface area (Å²) < 4.78 is 0. The van der Waals surface area contributed by atoms with E-state index in [-0.39, 0.29) is 0 Å². The Hall–Kier alpha value is -0.650. The molecule has 1 aromatic rings. The zero-order valence-electron chi connectivity index (χ0n) is 8.60. The van der Waals surface area contributed by atoms with Gasteiger partial charge < -0.3 is 5.73 Å². The molecule has 1 rings (SSSR count). The standard InChI is InChI=1S/C9H16N4S/c1-13(6-3-10)7-8-9(14-2)12-5-4-11-8/h4-5H,3,6-7,10H2,1-2H3. The van der Waals surface area contributed by atoms with Gasteiger partial charge in [0.2, 0.25) is 0 Å². The predicted molar refractivity (Wildman–Crippen MR) is 59.2 cm³/mol. The number of rotatable bonds is 5. The van der Waals surface area contributed by atoms with Crippen LogP contribution in [0.15, 0.2) is 17.4 Å². The fraction of sp³-hybridized carbons (Fsp3) is 0.556. The van der Waals surface area contributed by atoms with Crippen molar-refractivity contribution in [2.45, 2.75) is 11.6 Å². The summed E-state index contributed by atoms with van der Waals surface area (Å²) in [6.45, 7) is 2.36. The summed E-state index contributed by atoms with van der Waals surface area (Å²) in [6, 6.07) is 0. The second-order valence-electron chi connectivity index (χ2n) is 3.04. The maximum atomic E-state index is 5.47. The van der Waals surface area contributed by atoms with Crippen molar-refractivity contribution in [1.82, 2.24) is 14.9 Å². The highest BCUT2D eigenvalue weighted by atomic mass is 32.2. The van der Waals surface area contributed by atoms with E-state index in [2.05, 4.69) is 14.9 Å². The van der Waals surface area contributed by atoms with Gasteiger partial charge in [0.15, 0.2) is 0 Å². The van der Waals surface area contributed by atoms with Crippen LogP contribution < -0.4 is 5.73 Å². The maximum Gasteiger partial charge on any atom is 0.119 e. The largest absolute Gasteiger partial charge is 0.329 e. The molecule has 2 N–H and O–H groups in total. The van der Waals surface area contributed by atoms with Crippen molar-refractivity contribution in [3.8, 4) is 0 Å². The molecule has 0 amide bonds. The lowest BCUT2D eigenvalue weighted by Crippen LogP contribution is -2.25. The molecule has 0 atom stereocenters. The highest BCUT2D eigenvalue weighted by Gasteiger charge is 2.06. The Morgan fingerprint density at radius 3 is 2.79 bits per heavy atom. The lowest BCUT2D eigenvalue weighted by atomic mass is 10.4. The normalized spacial score (nSPS) is 10.9. The van der Waals surface area contributed by atoms with E-state index < -0.39 is 0 Å². The molecule has 1 aromatic heterocycles. The molecule has 78 valence electrons. The van der Waals surface area contributed by atoms with Gasteiger partial charge in [-0.1, -0.05) is 0 Å². The lowest BCUT2D eigenvalue weighted by Gasteiger charge is -2.15. The van der Waals surface area contributed by atoms with Gasteiger partial charge in [-0.25, -0.2) is 4.98 Å². The molecule has 4 nitrogen and oxygen atoms in total. The third kappa shape index (κ3) is 3.25. The van der Waals surface area contributed by atoms with Crippen LogP contribution in [-0.2, 0) is 6.54 Å². The monoisotopic (exact) mass is 212 g/mol. The fourth-order valence-electron chi connectivity index (χ4n) is 1.19. The minimum absolute atomic E-state index is 0.672. The van der Waals surface area contributed by atoms with Crippen LogP contribution in [0.5, 0.6) is 0 Å². The Bertz CT molecular complexity index is 279. The van der Waals surface area contributed by atoms with Crippen LogP contribution in [0.25, 0.3) is 0 Å². The molecular weight excluding hydrogens is 196 g/mol. The summed E-state index contributed by atoms with van der Waals surface area (Å²) in [6.07, 6.45) is 5.46. The van der Waals surface area contributed by atoms with E-state index >= 15 is 0 Å². The molecule has 0 aliphatic rings. The van der Waals surface area contributed by atoms with Gasteiger partial charge in [0, 0.05) is 32.0 Å². The summed E-state index contributed by atoms with van der Waals surface area (Å²) in [5, 5.41) is 0.997. The molecular formula is C9H16N4S. The van der Waals surface area contributed by atoms with E-state index in [1.807, 2.05) is 13.3 Å². The Kier molecular flexibility index (Phi) is 4.86. The minimum Gasteiger partial charge on any atom is -0.329 e. The second kappa shape index (κ2) is 5.95. The third-order valence-electron chi connectivity index (χ3n) is 1.86. The average molecular weight is 212 g/mol. The van der Waals surface area contributed by atoms with Crippen LogP contribution in [0.4, 0.5) is 0 Å². The number of hydrogen-bond acceptors (Lipinski definition) is 5. The van der Waals surface area contributed by atoms with Crippen LogP contribution in [0, 0.1) is 0 Å². The molecule has 0 aromatic carbocycles. The first-order chi connectivity index (χ1) is 6.77. The van der Waals surface area contributed by atoms with E-state index in [1.54, 1.807) is 24.2 Å². The average Bonchev–Trinajstić information content (AvgIpc) is 2.19. The number of nitrogens with zero attached hydrogens (tertiary/aromatic N) is 3. The van der Waals surface area contributed by atoms with Crippen molar-refractivity contribution >= 4 is 11.8 Å². The molecule has 5 heteroatoms. The van der Waals surface area contributed by atoms with Crippen molar-refractivity contribution in [3.63, 3.8) is 0 Å². The smallest absolute Gasteiger partial charge is 0.119 e. The van der Waals surface area contributed by atoms with Crippen molar-refractivity contribution < 1.29 is 0 Å². The Morgan fingerprint density at radius 2 is 2.14 bits per heavy atom. The molecule has 0 aliphatic carbocycles. The topological polar surface area (TPSA) is 55.0 Å². The number of nitrogens with two attached hydrogens (primary N) is 1. The van der Waals surface area contributed by atoms with E-state index in [0.717, 1.165) is 23.8 Å². The molecule has 14 heavy (non-hydrogen) atoms. The molecule has 0 aliphatic heterocycles. The first-order valence-corrected chi connectivity index (χ1v) is 5.73. The molecule has 0 saturated heterocycles. The first-order valence-electron chi connectivity index (χ1n) is 4.50. The van der Waals surface area contributed by atoms with Gasteiger partial charge in [0.1, 0.15) is 5.03 Å². The minimum atomic E-state index is 0.672. The van der Waals surface area contributed by atoms with E-state index in [0.29, 0.717) is 6.54 Å². The molecule has 0 radical (unpaired) electrons. The van der Waals surface area contributed by atoms with Crippen molar-refractivity contribution in [1.29, 1.82) is 0 Å². The van der Waals surface area contributed by atoms with Gasteiger partial charge in [0.25, 0.3) is 0 Å². The van der Waals surface area contributed by atoms with Gasteiger partial charge in [-0.2, -0.15) is 0 Å².